The zero-order valence-electron chi connectivity index (χ0n) is 24.1. The molecule has 0 atom stereocenters. The van der Waals surface area contributed by atoms with Gasteiger partial charge in [-0.15, -0.1) is 0 Å². The van der Waals surface area contributed by atoms with Gasteiger partial charge in [-0.3, -0.25) is 4.90 Å². The fourth-order valence-corrected chi connectivity index (χ4v) is 6.15. The largest absolute Gasteiger partial charge is 0.497 e. The van der Waals surface area contributed by atoms with Gasteiger partial charge in [-0.2, -0.15) is 0 Å². The fourth-order valence-electron chi connectivity index (χ4n) is 6.15. The Balaban J connectivity index is 1.12. The number of aromatic nitrogens is 1. The van der Waals surface area contributed by atoms with Crippen molar-refractivity contribution >= 4 is 10.9 Å². The minimum atomic E-state index is 0.954. The van der Waals surface area contributed by atoms with Gasteiger partial charge in [0.1, 0.15) is 5.75 Å². The van der Waals surface area contributed by atoms with E-state index in [0.29, 0.717) is 0 Å². The van der Waals surface area contributed by atoms with E-state index in [1.807, 2.05) is 6.07 Å². The van der Waals surface area contributed by atoms with Crippen molar-refractivity contribution < 1.29 is 4.74 Å². The molecular formula is C32H47N5O. The second kappa shape index (κ2) is 12.6. The molecule has 0 spiro atoms. The molecule has 2 aliphatic rings. The van der Waals surface area contributed by atoms with Crippen molar-refractivity contribution in [2.24, 2.45) is 0 Å². The summed E-state index contributed by atoms with van der Waals surface area (Å²) in [6.07, 6.45) is 2.30. The summed E-state index contributed by atoms with van der Waals surface area (Å²) in [5.74, 6) is 0.954. The summed E-state index contributed by atoms with van der Waals surface area (Å²) in [6, 6.07) is 15.7. The van der Waals surface area contributed by atoms with Crippen LogP contribution < -0.4 is 4.74 Å². The minimum Gasteiger partial charge on any atom is -0.497 e. The van der Waals surface area contributed by atoms with Gasteiger partial charge in [0.05, 0.1) is 7.11 Å². The van der Waals surface area contributed by atoms with E-state index in [9.17, 15) is 0 Å². The molecule has 6 nitrogen and oxygen atoms in total. The minimum absolute atomic E-state index is 0.954. The van der Waals surface area contributed by atoms with Crippen LogP contribution in [0.25, 0.3) is 10.9 Å². The van der Waals surface area contributed by atoms with Crippen molar-refractivity contribution in [3.05, 3.63) is 64.8 Å². The van der Waals surface area contributed by atoms with Gasteiger partial charge in [-0.05, 0) is 81.2 Å². The first kappa shape index (κ1) is 27.2. The Morgan fingerprint density at radius 3 is 2.21 bits per heavy atom. The number of fused-ring (bicyclic) bond motifs is 1. The fraction of sp³-hybridized carbons (Fsp3) is 0.562. The monoisotopic (exact) mass is 517 g/mol. The van der Waals surface area contributed by atoms with E-state index < -0.39 is 0 Å². The van der Waals surface area contributed by atoms with Crippen molar-refractivity contribution in [2.75, 3.05) is 79.6 Å². The van der Waals surface area contributed by atoms with E-state index in [0.717, 1.165) is 58.0 Å². The lowest BCUT2D eigenvalue weighted by molar-refractivity contribution is 0.128. The molecule has 0 saturated carbocycles. The lowest BCUT2D eigenvalue weighted by atomic mass is 10.1. The van der Waals surface area contributed by atoms with Crippen LogP contribution in [-0.2, 0) is 19.5 Å². The Kier molecular flexibility index (Phi) is 9.05. The standard InChI is InChI=1S/C32H47N5O/c1-26-27(2)37(13-6-12-34-17-15-33(3)16-18-34)32-10-9-29(24-31(26)32)25-36-21-19-35(20-22-36)14-11-28-7-5-8-30(23-28)38-4/h5,7-10,23-24H,6,11-22,25H2,1-4H3. The highest BCUT2D eigenvalue weighted by atomic mass is 16.5. The van der Waals surface area contributed by atoms with Crippen molar-refractivity contribution in [3.63, 3.8) is 0 Å². The van der Waals surface area contributed by atoms with E-state index in [1.54, 1.807) is 7.11 Å². The Bertz CT molecular complexity index is 1190. The summed E-state index contributed by atoms with van der Waals surface area (Å²) < 4.78 is 7.94. The number of aryl methyl sites for hydroxylation is 2. The number of benzene rings is 2. The second-order valence-corrected chi connectivity index (χ2v) is 11.4. The number of likely N-dealkylation sites (N-methyl/N-ethyl adjacent to an activating group) is 1. The molecule has 5 rings (SSSR count). The maximum absolute atomic E-state index is 5.38. The second-order valence-electron chi connectivity index (χ2n) is 11.4. The Labute approximate surface area is 229 Å². The molecule has 206 valence electrons. The van der Waals surface area contributed by atoms with Gasteiger partial charge in [0, 0.05) is 88.6 Å². The first-order chi connectivity index (χ1) is 18.5. The van der Waals surface area contributed by atoms with Gasteiger partial charge in [-0.1, -0.05) is 18.2 Å². The zero-order chi connectivity index (χ0) is 26.5. The summed E-state index contributed by atoms with van der Waals surface area (Å²) in [6.45, 7) is 18.5. The predicted octanol–water partition coefficient (Wildman–Crippen LogP) is 4.26. The van der Waals surface area contributed by atoms with Crippen molar-refractivity contribution in [1.82, 2.24) is 24.2 Å². The average Bonchev–Trinajstić information content (AvgIpc) is 3.18. The first-order valence-electron chi connectivity index (χ1n) is 14.6. The molecule has 6 heteroatoms. The molecule has 2 aromatic carbocycles. The number of rotatable bonds is 10. The molecule has 2 saturated heterocycles. The molecule has 1 aromatic heterocycles. The predicted molar refractivity (Wildman–Crippen MR) is 158 cm³/mol. The maximum Gasteiger partial charge on any atom is 0.119 e. The lowest BCUT2D eigenvalue weighted by Gasteiger charge is -2.34. The topological polar surface area (TPSA) is 27.1 Å². The van der Waals surface area contributed by atoms with Gasteiger partial charge in [-0.25, -0.2) is 0 Å². The molecule has 0 aliphatic carbocycles. The molecule has 0 unspecified atom stereocenters. The molecule has 2 aliphatic heterocycles. The van der Waals surface area contributed by atoms with E-state index in [-0.39, 0.29) is 0 Å². The maximum atomic E-state index is 5.38. The lowest BCUT2D eigenvalue weighted by Crippen LogP contribution is -2.46. The third kappa shape index (κ3) is 6.60. The third-order valence-electron chi connectivity index (χ3n) is 8.88. The van der Waals surface area contributed by atoms with Gasteiger partial charge < -0.3 is 24.0 Å². The first-order valence-corrected chi connectivity index (χ1v) is 14.6. The summed E-state index contributed by atoms with van der Waals surface area (Å²) in [5, 5.41) is 1.44. The van der Waals surface area contributed by atoms with E-state index in [4.69, 9.17) is 4.74 Å². The molecular weight excluding hydrogens is 470 g/mol. The molecule has 3 aromatic rings. The Morgan fingerprint density at radius 1 is 0.737 bits per heavy atom. The highest BCUT2D eigenvalue weighted by Crippen LogP contribution is 2.27. The summed E-state index contributed by atoms with van der Waals surface area (Å²) in [4.78, 5) is 10.3. The quantitative estimate of drug-likeness (QED) is 0.401. The van der Waals surface area contributed by atoms with Gasteiger partial charge >= 0.3 is 0 Å². The van der Waals surface area contributed by atoms with Gasteiger partial charge in [0.15, 0.2) is 0 Å². The number of nitrogens with zero attached hydrogens (tertiary/aromatic N) is 5. The number of ether oxygens (including phenoxy) is 1. The number of hydrogen-bond acceptors (Lipinski definition) is 5. The van der Waals surface area contributed by atoms with Crippen LogP contribution in [0.2, 0.25) is 0 Å². The van der Waals surface area contributed by atoms with Crippen molar-refractivity contribution in [3.8, 4) is 5.75 Å². The van der Waals surface area contributed by atoms with Crippen LogP contribution in [0.5, 0.6) is 5.75 Å². The summed E-state index contributed by atoms with van der Waals surface area (Å²) >= 11 is 0. The van der Waals surface area contributed by atoms with E-state index in [2.05, 4.69) is 81.5 Å². The van der Waals surface area contributed by atoms with Crippen LogP contribution >= 0.6 is 0 Å². The Hall–Kier alpha value is -2.38. The average molecular weight is 518 g/mol. The molecule has 38 heavy (non-hydrogen) atoms. The normalized spacial score (nSPS) is 18.4. The van der Waals surface area contributed by atoms with E-state index in [1.165, 1.54) is 72.4 Å². The van der Waals surface area contributed by atoms with Crippen molar-refractivity contribution in [2.45, 2.75) is 39.8 Å². The smallest absolute Gasteiger partial charge is 0.119 e. The van der Waals surface area contributed by atoms with E-state index >= 15 is 0 Å². The highest BCUT2D eigenvalue weighted by Gasteiger charge is 2.19. The SMILES string of the molecule is COc1cccc(CCN2CCN(Cc3ccc4c(c3)c(C)c(C)n4CCCN3CCN(C)CC3)CC2)c1. The third-order valence-corrected chi connectivity index (χ3v) is 8.88. The van der Waals surface area contributed by atoms with Crippen LogP contribution in [0.4, 0.5) is 0 Å². The van der Waals surface area contributed by atoms with Gasteiger partial charge in [0.25, 0.3) is 0 Å². The summed E-state index contributed by atoms with van der Waals surface area (Å²) in [5.41, 5.74) is 7.09. The van der Waals surface area contributed by atoms with Crippen LogP contribution in [0.15, 0.2) is 42.5 Å². The molecule has 0 N–H and O–H groups in total. The van der Waals surface area contributed by atoms with Crippen molar-refractivity contribution in [1.29, 1.82) is 0 Å². The number of piperazine rings is 2. The zero-order valence-corrected chi connectivity index (χ0v) is 24.1. The number of methoxy groups -OCH3 is 1. The molecule has 0 radical (unpaired) electrons. The van der Waals surface area contributed by atoms with Crippen LogP contribution in [0.3, 0.4) is 0 Å². The molecule has 0 bridgehead atoms. The molecule has 3 heterocycles. The summed E-state index contributed by atoms with van der Waals surface area (Å²) in [7, 11) is 3.97. The van der Waals surface area contributed by atoms with Crippen LogP contribution in [-0.4, -0.2) is 104 Å². The molecule has 0 amide bonds. The van der Waals surface area contributed by atoms with Crippen LogP contribution in [0, 0.1) is 13.8 Å². The highest BCUT2D eigenvalue weighted by molar-refractivity contribution is 5.86. The van der Waals surface area contributed by atoms with Gasteiger partial charge in [0.2, 0.25) is 0 Å². The number of hydrogen-bond donors (Lipinski definition) is 0. The van der Waals surface area contributed by atoms with Crippen LogP contribution in [0.1, 0.15) is 28.8 Å². The molecule has 2 fully saturated rings. The Morgan fingerprint density at radius 2 is 1.45 bits per heavy atom.